The van der Waals surface area contributed by atoms with Gasteiger partial charge >= 0.3 is 0 Å². The molecule has 0 aliphatic carbocycles. The van der Waals surface area contributed by atoms with Crippen molar-refractivity contribution >= 4 is 12.4 Å². The molecule has 2 unspecified atom stereocenters. The predicted molar refractivity (Wildman–Crippen MR) is 77.0 cm³/mol. The number of likely N-dealkylation sites (tertiary alicyclic amines) is 1. The van der Waals surface area contributed by atoms with Gasteiger partial charge in [-0.3, -0.25) is 9.58 Å². The molecule has 5 heteroatoms. The largest absolute Gasteiger partial charge is 0.328 e. The van der Waals surface area contributed by atoms with Crippen molar-refractivity contribution < 1.29 is 0 Å². The number of aromatic nitrogens is 2. The van der Waals surface area contributed by atoms with E-state index in [9.17, 15) is 0 Å². The summed E-state index contributed by atoms with van der Waals surface area (Å²) in [6, 6.07) is 0.316. The lowest BCUT2D eigenvalue weighted by Crippen LogP contribution is -2.29. The minimum Gasteiger partial charge on any atom is -0.328 e. The average molecular weight is 273 g/mol. The molecule has 2 heterocycles. The molecular formula is C13H25ClN4. The minimum atomic E-state index is 0. The summed E-state index contributed by atoms with van der Waals surface area (Å²) in [4.78, 5) is 2.50. The topological polar surface area (TPSA) is 47.1 Å². The fourth-order valence-electron chi connectivity index (χ4n) is 2.71. The SMILES string of the molecule is Cc1nn(C)c(C)c1CN1CCC(C(C)N)C1.Cl. The van der Waals surface area contributed by atoms with Crippen LogP contribution in [0.15, 0.2) is 0 Å². The molecular weight excluding hydrogens is 248 g/mol. The van der Waals surface area contributed by atoms with Crippen molar-refractivity contribution in [2.45, 2.75) is 39.8 Å². The summed E-state index contributed by atoms with van der Waals surface area (Å²) in [5.74, 6) is 0.660. The molecule has 1 fully saturated rings. The summed E-state index contributed by atoms with van der Waals surface area (Å²) < 4.78 is 1.98. The van der Waals surface area contributed by atoms with Gasteiger partial charge in [-0.25, -0.2) is 0 Å². The van der Waals surface area contributed by atoms with E-state index < -0.39 is 0 Å². The van der Waals surface area contributed by atoms with Gasteiger partial charge in [0.15, 0.2) is 0 Å². The molecule has 2 atom stereocenters. The molecule has 0 spiro atoms. The van der Waals surface area contributed by atoms with Crippen LogP contribution >= 0.6 is 12.4 Å². The van der Waals surface area contributed by atoms with Gasteiger partial charge in [-0.05, 0) is 39.7 Å². The molecule has 1 aromatic heterocycles. The highest BCUT2D eigenvalue weighted by Crippen LogP contribution is 2.22. The molecule has 0 saturated carbocycles. The third-order valence-electron chi connectivity index (χ3n) is 4.09. The van der Waals surface area contributed by atoms with Crippen molar-refractivity contribution in [3.63, 3.8) is 0 Å². The Bertz CT molecular complexity index is 400. The summed E-state index contributed by atoms with van der Waals surface area (Å²) in [7, 11) is 2.01. The van der Waals surface area contributed by atoms with Crippen molar-refractivity contribution in [3.8, 4) is 0 Å². The van der Waals surface area contributed by atoms with Gasteiger partial charge in [0.25, 0.3) is 0 Å². The third-order valence-corrected chi connectivity index (χ3v) is 4.09. The number of rotatable bonds is 3. The fraction of sp³-hybridized carbons (Fsp3) is 0.769. The first kappa shape index (κ1) is 15.5. The summed E-state index contributed by atoms with van der Waals surface area (Å²) in [6.45, 7) is 9.69. The van der Waals surface area contributed by atoms with E-state index in [4.69, 9.17) is 5.73 Å². The first-order valence-corrected chi connectivity index (χ1v) is 6.46. The van der Waals surface area contributed by atoms with Crippen LogP contribution in [-0.2, 0) is 13.6 Å². The van der Waals surface area contributed by atoms with Gasteiger partial charge in [0.1, 0.15) is 0 Å². The normalized spacial score (nSPS) is 21.9. The van der Waals surface area contributed by atoms with Gasteiger partial charge in [-0.2, -0.15) is 5.10 Å². The quantitative estimate of drug-likeness (QED) is 0.910. The average Bonchev–Trinajstić information content (AvgIpc) is 2.80. The van der Waals surface area contributed by atoms with Crippen molar-refractivity contribution in [3.05, 3.63) is 17.0 Å². The Hall–Kier alpha value is -0.580. The van der Waals surface area contributed by atoms with E-state index in [0.29, 0.717) is 12.0 Å². The number of halogens is 1. The van der Waals surface area contributed by atoms with Gasteiger partial charge < -0.3 is 5.73 Å². The van der Waals surface area contributed by atoms with E-state index in [2.05, 4.69) is 30.8 Å². The van der Waals surface area contributed by atoms with Crippen molar-refractivity contribution in [1.29, 1.82) is 0 Å². The Kier molecular flexibility index (Phi) is 5.20. The molecule has 2 N–H and O–H groups in total. The molecule has 1 aliphatic rings. The molecule has 0 bridgehead atoms. The number of hydrogen-bond acceptors (Lipinski definition) is 3. The lowest BCUT2D eigenvalue weighted by Gasteiger charge is -2.18. The van der Waals surface area contributed by atoms with E-state index in [1.165, 1.54) is 24.2 Å². The zero-order valence-electron chi connectivity index (χ0n) is 11.8. The Morgan fingerprint density at radius 3 is 2.56 bits per heavy atom. The summed E-state index contributed by atoms with van der Waals surface area (Å²) >= 11 is 0. The van der Waals surface area contributed by atoms with Crippen molar-refractivity contribution in [2.75, 3.05) is 13.1 Å². The lowest BCUT2D eigenvalue weighted by atomic mass is 10.0. The Labute approximate surface area is 116 Å². The summed E-state index contributed by atoms with van der Waals surface area (Å²) in [5, 5.41) is 4.47. The molecule has 4 nitrogen and oxygen atoms in total. The summed E-state index contributed by atoms with van der Waals surface area (Å²) in [6.07, 6.45) is 1.23. The van der Waals surface area contributed by atoms with Crippen LogP contribution in [0.4, 0.5) is 0 Å². The smallest absolute Gasteiger partial charge is 0.0641 e. The second kappa shape index (κ2) is 6.04. The maximum absolute atomic E-state index is 5.97. The highest BCUT2D eigenvalue weighted by Gasteiger charge is 2.26. The third kappa shape index (κ3) is 3.05. The molecule has 2 rings (SSSR count). The van der Waals surface area contributed by atoms with Crippen LogP contribution in [0.25, 0.3) is 0 Å². The fourth-order valence-corrected chi connectivity index (χ4v) is 2.71. The lowest BCUT2D eigenvalue weighted by molar-refractivity contribution is 0.307. The Morgan fingerprint density at radius 2 is 2.11 bits per heavy atom. The predicted octanol–water partition coefficient (Wildman–Crippen LogP) is 1.63. The monoisotopic (exact) mass is 272 g/mol. The van der Waals surface area contributed by atoms with E-state index in [1.807, 2.05) is 11.7 Å². The van der Waals surface area contributed by atoms with Gasteiger partial charge in [0.2, 0.25) is 0 Å². The number of aryl methyl sites for hydroxylation is 2. The summed E-state index contributed by atoms with van der Waals surface area (Å²) in [5.41, 5.74) is 9.81. The zero-order chi connectivity index (χ0) is 12.6. The van der Waals surface area contributed by atoms with Crippen molar-refractivity contribution in [1.82, 2.24) is 14.7 Å². The van der Waals surface area contributed by atoms with Gasteiger partial charge in [-0.15, -0.1) is 12.4 Å². The molecule has 0 radical (unpaired) electrons. The van der Waals surface area contributed by atoms with Gasteiger partial charge in [0.05, 0.1) is 5.69 Å². The maximum Gasteiger partial charge on any atom is 0.0641 e. The van der Waals surface area contributed by atoms with Crippen LogP contribution in [0, 0.1) is 19.8 Å². The van der Waals surface area contributed by atoms with Crippen LogP contribution in [0.1, 0.15) is 30.3 Å². The number of nitrogens with two attached hydrogens (primary N) is 1. The number of hydrogen-bond donors (Lipinski definition) is 1. The first-order valence-electron chi connectivity index (χ1n) is 6.46. The van der Waals surface area contributed by atoms with Crippen LogP contribution in [0.2, 0.25) is 0 Å². The molecule has 104 valence electrons. The molecule has 0 amide bonds. The van der Waals surface area contributed by atoms with Crippen molar-refractivity contribution in [2.24, 2.45) is 18.7 Å². The second-order valence-electron chi connectivity index (χ2n) is 5.42. The van der Waals surface area contributed by atoms with Crippen LogP contribution in [0.5, 0.6) is 0 Å². The van der Waals surface area contributed by atoms with E-state index in [1.54, 1.807) is 0 Å². The van der Waals surface area contributed by atoms with E-state index in [0.717, 1.165) is 18.8 Å². The molecule has 1 aliphatic heterocycles. The van der Waals surface area contributed by atoms with Crippen LogP contribution in [-0.4, -0.2) is 33.8 Å². The molecule has 0 aromatic carbocycles. The standard InChI is InChI=1S/C13H24N4.ClH/c1-9(14)12-5-6-17(7-12)8-13-10(2)15-16(4)11(13)3;/h9,12H,5-8,14H2,1-4H3;1H. The van der Waals surface area contributed by atoms with Crippen LogP contribution in [0.3, 0.4) is 0 Å². The Morgan fingerprint density at radius 1 is 1.44 bits per heavy atom. The highest BCUT2D eigenvalue weighted by atomic mass is 35.5. The molecule has 18 heavy (non-hydrogen) atoms. The number of nitrogens with zero attached hydrogens (tertiary/aromatic N) is 3. The van der Waals surface area contributed by atoms with E-state index in [-0.39, 0.29) is 12.4 Å². The highest BCUT2D eigenvalue weighted by molar-refractivity contribution is 5.85. The Balaban J connectivity index is 0.00000162. The first-order chi connectivity index (χ1) is 7.99. The second-order valence-corrected chi connectivity index (χ2v) is 5.42. The van der Waals surface area contributed by atoms with E-state index >= 15 is 0 Å². The maximum atomic E-state index is 5.97. The zero-order valence-corrected chi connectivity index (χ0v) is 12.6. The van der Waals surface area contributed by atoms with Gasteiger partial charge in [0, 0.05) is 37.4 Å². The molecule has 1 saturated heterocycles. The van der Waals surface area contributed by atoms with Crippen LogP contribution < -0.4 is 5.73 Å². The molecule has 1 aromatic rings. The minimum absolute atomic E-state index is 0. The van der Waals surface area contributed by atoms with Gasteiger partial charge in [-0.1, -0.05) is 0 Å².